The maximum atomic E-state index is 12.3. The lowest BCUT2D eigenvalue weighted by Crippen LogP contribution is -2.44. The van der Waals surface area contributed by atoms with Crippen molar-refractivity contribution in [1.29, 1.82) is 0 Å². The van der Waals surface area contributed by atoms with Gasteiger partial charge in [0.25, 0.3) is 0 Å². The molecule has 0 aliphatic carbocycles. The third kappa shape index (κ3) is 9.62. The second-order valence-electron chi connectivity index (χ2n) is 7.33. The molecule has 6 N–H and O–H groups in total. The number of amides is 1. The molecule has 0 heterocycles. The summed E-state index contributed by atoms with van der Waals surface area (Å²) in [7, 11) is -3.89. The first-order valence-electron chi connectivity index (χ1n) is 10.0. The molecule has 2 aromatic rings. The van der Waals surface area contributed by atoms with Crippen molar-refractivity contribution < 1.29 is 23.1 Å². The minimum absolute atomic E-state index is 0.138. The summed E-state index contributed by atoms with van der Waals surface area (Å²) in [6.45, 7) is 3.10. The lowest BCUT2D eigenvalue weighted by molar-refractivity contribution is -0.126. The van der Waals surface area contributed by atoms with Gasteiger partial charge in [-0.25, -0.2) is 13.1 Å². The minimum atomic E-state index is -3.89. The molecule has 2 aromatic carbocycles. The van der Waals surface area contributed by atoms with Crippen LogP contribution in [-0.4, -0.2) is 37.9 Å². The molecule has 0 aromatic heterocycles. The van der Waals surface area contributed by atoms with Crippen LogP contribution < -0.4 is 21.1 Å². The number of halogens is 1. The van der Waals surface area contributed by atoms with Gasteiger partial charge in [-0.3, -0.25) is 9.59 Å². The molecule has 0 aliphatic heterocycles. The highest BCUT2D eigenvalue weighted by molar-refractivity contribution is 7.88. The fraction of sp³-hybridized carbons (Fsp3) is 0.273. The SMILES string of the molecule is C=C(N)Nc1ccc(CNC(=O)CCC(=O)C(CO)NS(=O)(=O)Cc2ccc(Cl)cc2)cc1. The number of hydrogen-bond acceptors (Lipinski definition) is 7. The monoisotopic (exact) mass is 494 g/mol. The van der Waals surface area contributed by atoms with Crippen molar-refractivity contribution in [2.45, 2.75) is 31.2 Å². The number of carbonyl (C=O) groups excluding carboxylic acids is 2. The molecule has 0 spiro atoms. The van der Waals surface area contributed by atoms with Crippen LogP contribution >= 0.6 is 11.6 Å². The summed E-state index contributed by atoms with van der Waals surface area (Å²) in [6.07, 6.45) is -0.358. The Hall–Kier alpha value is -2.92. The van der Waals surface area contributed by atoms with Crippen molar-refractivity contribution in [1.82, 2.24) is 10.0 Å². The Morgan fingerprint density at radius 3 is 2.21 bits per heavy atom. The quantitative estimate of drug-likeness (QED) is 0.284. The number of nitrogens with two attached hydrogens (primary N) is 1. The van der Waals surface area contributed by atoms with Crippen LogP contribution in [0.2, 0.25) is 5.02 Å². The van der Waals surface area contributed by atoms with Crippen LogP contribution in [0.4, 0.5) is 5.69 Å². The van der Waals surface area contributed by atoms with E-state index in [0.717, 1.165) is 11.3 Å². The van der Waals surface area contributed by atoms with Gasteiger partial charge in [0, 0.05) is 30.1 Å². The molecule has 0 fully saturated rings. The first kappa shape index (κ1) is 26.3. The van der Waals surface area contributed by atoms with E-state index in [4.69, 9.17) is 17.3 Å². The van der Waals surface area contributed by atoms with Crippen molar-refractivity contribution >= 4 is 39.0 Å². The van der Waals surface area contributed by atoms with E-state index in [2.05, 4.69) is 21.9 Å². The molecule has 1 amide bonds. The second kappa shape index (κ2) is 12.4. The standard InChI is InChI=1S/C22H27ClN4O5S/c1-15(24)26-19-8-4-16(5-9-19)12-25-22(30)11-10-21(29)20(13-28)27-33(31,32)14-17-2-6-18(23)7-3-17/h2-9,20,26-28H,1,10-14,24H2,(H,25,30). The van der Waals surface area contributed by atoms with Gasteiger partial charge in [0.1, 0.15) is 6.04 Å². The predicted octanol–water partition coefficient (Wildman–Crippen LogP) is 1.63. The Morgan fingerprint density at radius 2 is 1.64 bits per heavy atom. The summed E-state index contributed by atoms with van der Waals surface area (Å²) < 4.78 is 26.9. The van der Waals surface area contributed by atoms with Crippen LogP contribution in [0.5, 0.6) is 0 Å². The molecule has 178 valence electrons. The number of Topliss-reactive ketones (excluding diaryl/α,β-unsaturated/α-hetero) is 1. The van der Waals surface area contributed by atoms with E-state index in [0.29, 0.717) is 16.4 Å². The maximum Gasteiger partial charge on any atom is 0.220 e. The molecule has 0 aliphatic rings. The summed E-state index contributed by atoms with van der Waals surface area (Å²) in [5, 5.41) is 15.5. The van der Waals surface area contributed by atoms with E-state index >= 15 is 0 Å². The number of benzene rings is 2. The minimum Gasteiger partial charge on any atom is -0.394 e. The number of sulfonamides is 1. The molecule has 1 atom stereocenters. The van der Waals surface area contributed by atoms with Gasteiger partial charge in [0.2, 0.25) is 15.9 Å². The van der Waals surface area contributed by atoms with Crippen LogP contribution in [0.3, 0.4) is 0 Å². The normalized spacial score (nSPS) is 12.1. The van der Waals surface area contributed by atoms with Crippen molar-refractivity contribution in [3.8, 4) is 0 Å². The van der Waals surface area contributed by atoms with E-state index in [1.54, 1.807) is 48.5 Å². The van der Waals surface area contributed by atoms with E-state index < -0.39 is 28.5 Å². The number of nitrogens with one attached hydrogen (secondary N) is 3. The van der Waals surface area contributed by atoms with Crippen molar-refractivity contribution in [2.75, 3.05) is 11.9 Å². The number of carbonyl (C=O) groups is 2. The highest BCUT2D eigenvalue weighted by Crippen LogP contribution is 2.13. The number of anilines is 1. The first-order chi connectivity index (χ1) is 15.6. The molecular weight excluding hydrogens is 468 g/mol. The zero-order valence-corrected chi connectivity index (χ0v) is 19.5. The van der Waals surface area contributed by atoms with Gasteiger partial charge in [-0.15, -0.1) is 0 Å². The lowest BCUT2D eigenvalue weighted by Gasteiger charge is -2.15. The molecule has 9 nitrogen and oxygen atoms in total. The summed E-state index contributed by atoms with van der Waals surface area (Å²) in [5.74, 6) is -1.01. The third-order valence-corrected chi connectivity index (χ3v) is 6.12. The Bertz CT molecular complexity index is 1070. The second-order valence-corrected chi connectivity index (χ2v) is 9.52. The Labute approximate surface area is 198 Å². The zero-order chi connectivity index (χ0) is 24.4. The van der Waals surface area contributed by atoms with Gasteiger partial charge in [-0.1, -0.05) is 42.4 Å². The average molecular weight is 495 g/mol. The first-order valence-corrected chi connectivity index (χ1v) is 12.1. The van der Waals surface area contributed by atoms with Crippen LogP contribution in [-0.2, 0) is 31.9 Å². The fourth-order valence-corrected chi connectivity index (χ4v) is 4.33. The number of aliphatic hydroxyl groups excluding tert-OH is 1. The summed E-state index contributed by atoms with van der Waals surface area (Å²) in [4.78, 5) is 24.4. The molecule has 33 heavy (non-hydrogen) atoms. The Balaban J connectivity index is 1.80. The number of rotatable bonds is 13. The van der Waals surface area contributed by atoms with Crippen LogP contribution in [0.25, 0.3) is 0 Å². The van der Waals surface area contributed by atoms with E-state index in [1.165, 1.54) is 0 Å². The van der Waals surface area contributed by atoms with Gasteiger partial charge >= 0.3 is 0 Å². The van der Waals surface area contributed by atoms with Gasteiger partial charge in [0.05, 0.1) is 18.2 Å². The topological polar surface area (TPSA) is 151 Å². The highest BCUT2D eigenvalue weighted by atomic mass is 35.5. The summed E-state index contributed by atoms with van der Waals surface area (Å²) in [6, 6.07) is 12.1. The van der Waals surface area contributed by atoms with Crippen molar-refractivity contribution in [3.05, 3.63) is 77.1 Å². The number of hydrogen-bond donors (Lipinski definition) is 5. The molecule has 0 saturated carbocycles. The van der Waals surface area contributed by atoms with Crippen LogP contribution in [0.15, 0.2) is 60.9 Å². The third-order valence-electron chi connectivity index (χ3n) is 4.51. The maximum absolute atomic E-state index is 12.3. The molecule has 11 heteroatoms. The van der Waals surface area contributed by atoms with Crippen molar-refractivity contribution in [3.63, 3.8) is 0 Å². The van der Waals surface area contributed by atoms with Gasteiger partial charge < -0.3 is 21.5 Å². The van der Waals surface area contributed by atoms with Gasteiger partial charge in [-0.05, 0) is 35.4 Å². The molecule has 2 rings (SSSR count). The largest absolute Gasteiger partial charge is 0.394 e. The predicted molar refractivity (Wildman–Crippen MR) is 128 cm³/mol. The van der Waals surface area contributed by atoms with Gasteiger partial charge in [0.15, 0.2) is 5.78 Å². The number of aliphatic hydroxyl groups is 1. The van der Waals surface area contributed by atoms with E-state index in [1.807, 2.05) is 0 Å². The van der Waals surface area contributed by atoms with Gasteiger partial charge in [-0.2, -0.15) is 0 Å². The smallest absolute Gasteiger partial charge is 0.220 e. The van der Waals surface area contributed by atoms with E-state index in [-0.39, 0.29) is 31.0 Å². The average Bonchev–Trinajstić information content (AvgIpc) is 2.76. The van der Waals surface area contributed by atoms with Crippen LogP contribution in [0.1, 0.15) is 24.0 Å². The molecule has 0 radical (unpaired) electrons. The summed E-state index contributed by atoms with van der Waals surface area (Å²) >= 11 is 5.79. The summed E-state index contributed by atoms with van der Waals surface area (Å²) in [5.41, 5.74) is 7.55. The molecule has 0 saturated heterocycles. The molecular formula is C22H27ClN4O5S. The fourth-order valence-electron chi connectivity index (χ4n) is 2.85. The van der Waals surface area contributed by atoms with E-state index in [9.17, 15) is 23.1 Å². The molecule has 0 bridgehead atoms. The number of ketones is 1. The van der Waals surface area contributed by atoms with Crippen molar-refractivity contribution in [2.24, 2.45) is 5.73 Å². The zero-order valence-electron chi connectivity index (χ0n) is 17.9. The Kier molecular flexibility index (Phi) is 9.86. The molecule has 1 unspecified atom stereocenters. The van der Waals surface area contributed by atoms with Crippen LogP contribution in [0, 0.1) is 0 Å². The Morgan fingerprint density at radius 1 is 1.03 bits per heavy atom. The highest BCUT2D eigenvalue weighted by Gasteiger charge is 2.24. The lowest BCUT2D eigenvalue weighted by atomic mass is 10.1.